The van der Waals surface area contributed by atoms with E-state index in [4.69, 9.17) is 11.6 Å². The summed E-state index contributed by atoms with van der Waals surface area (Å²) in [6.45, 7) is 4.58. The van der Waals surface area contributed by atoms with Crippen molar-refractivity contribution in [2.24, 2.45) is 0 Å². The van der Waals surface area contributed by atoms with Gasteiger partial charge in [-0.25, -0.2) is 14.2 Å². The minimum Gasteiger partial charge on any atom is -0.353 e. The van der Waals surface area contributed by atoms with E-state index in [0.29, 0.717) is 13.1 Å². The van der Waals surface area contributed by atoms with Gasteiger partial charge in [0.05, 0.1) is 11.1 Å². The molecule has 1 aliphatic heterocycles. The highest BCUT2D eigenvalue weighted by atomic mass is 35.5. The standard InChI is InChI=1S/C18H20ClFN4O/c1-13(14-5-6-16(20)15(19)12-14)22-18(25)24-10-8-23(9-11-24)17-4-2-3-7-21-17/h2-7,12-13H,8-11H2,1H3,(H,22,25). The van der Waals surface area contributed by atoms with E-state index in [2.05, 4.69) is 15.2 Å². The molecule has 0 saturated carbocycles. The summed E-state index contributed by atoms with van der Waals surface area (Å²) < 4.78 is 13.3. The second-order valence-electron chi connectivity index (χ2n) is 6.01. The predicted molar refractivity (Wildman–Crippen MR) is 96.4 cm³/mol. The first-order valence-corrected chi connectivity index (χ1v) is 8.59. The summed E-state index contributed by atoms with van der Waals surface area (Å²) >= 11 is 5.81. The van der Waals surface area contributed by atoms with E-state index in [1.54, 1.807) is 23.2 Å². The number of hydrogen-bond donors (Lipinski definition) is 1. The maximum Gasteiger partial charge on any atom is 0.317 e. The van der Waals surface area contributed by atoms with Gasteiger partial charge < -0.3 is 15.1 Å². The molecule has 1 aliphatic rings. The predicted octanol–water partition coefficient (Wildman–Crippen LogP) is 3.47. The fraction of sp³-hybridized carbons (Fsp3) is 0.333. The molecule has 2 heterocycles. The lowest BCUT2D eigenvalue weighted by Crippen LogP contribution is -2.52. The van der Waals surface area contributed by atoms with Crippen molar-refractivity contribution in [2.75, 3.05) is 31.1 Å². The lowest BCUT2D eigenvalue weighted by Gasteiger charge is -2.35. The lowest BCUT2D eigenvalue weighted by atomic mass is 10.1. The van der Waals surface area contributed by atoms with Crippen molar-refractivity contribution in [3.63, 3.8) is 0 Å². The van der Waals surface area contributed by atoms with Crippen LogP contribution in [0.15, 0.2) is 42.6 Å². The van der Waals surface area contributed by atoms with Gasteiger partial charge in [-0.05, 0) is 36.8 Å². The highest BCUT2D eigenvalue weighted by Gasteiger charge is 2.23. The number of anilines is 1. The van der Waals surface area contributed by atoms with Gasteiger partial charge in [-0.1, -0.05) is 23.7 Å². The maximum absolute atomic E-state index is 13.3. The Kier molecular flexibility index (Phi) is 5.38. The van der Waals surface area contributed by atoms with Gasteiger partial charge in [0.15, 0.2) is 0 Å². The summed E-state index contributed by atoms with van der Waals surface area (Å²) in [4.78, 5) is 20.7. The molecule has 132 valence electrons. The molecule has 3 rings (SSSR count). The highest BCUT2D eigenvalue weighted by Crippen LogP contribution is 2.21. The largest absolute Gasteiger partial charge is 0.353 e. The van der Waals surface area contributed by atoms with Crippen molar-refractivity contribution in [3.8, 4) is 0 Å². The maximum atomic E-state index is 13.3. The Balaban J connectivity index is 1.55. The number of piperazine rings is 1. The number of nitrogens with zero attached hydrogens (tertiary/aromatic N) is 3. The van der Waals surface area contributed by atoms with Crippen molar-refractivity contribution in [1.82, 2.24) is 15.2 Å². The van der Waals surface area contributed by atoms with Crippen LogP contribution in [0.3, 0.4) is 0 Å². The number of carbonyl (C=O) groups is 1. The molecule has 0 radical (unpaired) electrons. The summed E-state index contributed by atoms with van der Waals surface area (Å²) in [5.74, 6) is 0.464. The van der Waals surface area contributed by atoms with E-state index in [1.807, 2.05) is 25.1 Å². The van der Waals surface area contributed by atoms with Crippen molar-refractivity contribution in [2.45, 2.75) is 13.0 Å². The van der Waals surface area contributed by atoms with Crippen LogP contribution in [0.1, 0.15) is 18.5 Å². The number of halogens is 2. The molecule has 5 nitrogen and oxygen atoms in total. The first kappa shape index (κ1) is 17.5. The molecule has 1 saturated heterocycles. The second-order valence-corrected chi connectivity index (χ2v) is 6.41. The number of carbonyl (C=O) groups excluding carboxylic acids is 1. The number of pyridine rings is 1. The summed E-state index contributed by atoms with van der Waals surface area (Å²) in [5.41, 5.74) is 0.770. The molecule has 7 heteroatoms. The van der Waals surface area contributed by atoms with Crippen LogP contribution in [0.2, 0.25) is 5.02 Å². The first-order chi connectivity index (χ1) is 12.0. The fourth-order valence-electron chi connectivity index (χ4n) is 2.82. The lowest BCUT2D eigenvalue weighted by molar-refractivity contribution is 0.191. The van der Waals surface area contributed by atoms with Crippen LogP contribution in [-0.4, -0.2) is 42.1 Å². The van der Waals surface area contributed by atoms with Gasteiger partial charge in [0.25, 0.3) is 0 Å². The topological polar surface area (TPSA) is 48.5 Å². The van der Waals surface area contributed by atoms with Crippen LogP contribution < -0.4 is 10.2 Å². The Labute approximate surface area is 151 Å². The van der Waals surface area contributed by atoms with Crippen molar-refractivity contribution in [3.05, 3.63) is 59.0 Å². The van der Waals surface area contributed by atoms with E-state index >= 15 is 0 Å². The summed E-state index contributed by atoms with van der Waals surface area (Å²) in [5, 5.41) is 3.00. The number of nitrogens with one attached hydrogen (secondary N) is 1. The van der Waals surface area contributed by atoms with Gasteiger partial charge in [-0.3, -0.25) is 0 Å². The van der Waals surface area contributed by atoms with E-state index in [-0.39, 0.29) is 17.1 Å². The highest BCUT2D eigenvalue weighted by molar-refractivity contribution is 6.30. The zero-order valence-corrected chi connectivity index (χ0v) is 14.7. The van der Waals surface area contributed by atoms with Crippen molar-refractivity contribution >= 4 is 23.4 Å². The minimum atomic E-state index is -0.463. The van der Waals surface area contributed by atoms with Crippen LogP contribution in [0.4, 0.5) is 15.0 Å². The molecule has 1 aromatic heterocycles. The number of rotatable bonds is 3. The first-order valence-electron chi connectivity index (χ1n) is 8.21. The zero-order valence-electron chi connectivity index (χ0n) is 14.0. The molecule has 2 amide bonds. The third kappa shape index (κ3) is 4.20. The van der Waals surface area contributed by atoms with Gasteiger partial charge in [0.1, 0.15) is 11.6 Å². The molecule has 1 N–H and O–H groups in total. The van der Waals surface area contributed by atoms with Crippen molar-refractivity contribution < 1.29 is 9.18 Å². The number of benzene rings is 1. The van der Waals surface area contributed by atoms with Crippen LogP contribution in [-0.2, 0) is 0 Å². The van der Waals surface area contributed by atoms with Crippen LogP contribution >= 0.6 is 11.6 Å². The Morgan fingerprint density at radius 1 is 1.24 bits per heavy atom. The molecule has 1 fully saturated rings. The molecule has 2 aromatic rings. The molecule has 1 atom stereocenters. The molecule has 0 bridgehead atoms. The number of amides is 2. The molecule has 0 aliphatic carbocycles. The van der Waals surface area contributed by atoms with E-state index in [9.17, 15) is 9.18 Å². The van der Waals surface area contributed by atoms with Gasteiger partial charge in [-0.2, -0.15) is 0 Å². The number of hydrogen-bond acceptors (Lipinski definition) is 3. The molecular formula is C18H20ClFN4O. The number of aromatic nitrogens is 1. The Bertz CT molecular complexity index is 735. The third-order valence-electron chi connectivity index (χ3n) is 4.32. The van der Waals surface area contributed by atoms with Gasteiger partial charge in [0, 0.05) is 32.4 Å². The summed E-state index contributed by atoms with van der Waals surface area (Å²) in [7, 11) is 0. The Hall–Kier alpha value is -2.34. The quantitative estimate of drug-likeness (QED) is 0.909. The van der Waals surface area contributed by atoms with Gasteiger partial charge in [0.2, 0.25) is 0 Å². The van der Waals surface area contributed by atoms with Crippen LogP contribution in [0.25, 0.3) is 0 Å². The van der Waals surface area contributed by atoms with Gasteiger partial charge in [-0.15, -0.1) is 0 Å². The average molecular weight is 363 g/mol. The molecule has 25 heavy (non-hydrogen) atoms. The smallest absolute Gasteiger partial charge is 0.317 e. The molecule has 1 unspecified atom stereocenters. The van der Waals surface area contributed by atoms with E-state index < -0.39 is 5.82 Å². The van der Waals surface area contributed by atoms with Crippen LogP contribution in [0.5, 0.6) is 0 Å². The normalized spacial score (nSPS) is 15.8. The van der Waals surface area contributed by atoms with E-state index in [0.717, 1.165) is 24.5 Å². The summed E-state index contributed by atoms with van der Waals surface area (Å²) in [6, 6.07) is 9.91. The average Bonchev–Trinajstić information content (AvgIpc) is 2.64. The molecule has 0 spiro atoms. The van der Waals surface area contributed by atoms with Gasteiger partial charge >= 0.3 is 6.03 Å². The SMILES string of the molecule is CC(NC(=O)N1CCN(c2ccccn2)CC1)c1ccc(F)c(Cl)c1. The second kappa shape index (κ2) is 7.70. The fourth-order valence-corrected chi connectivity index (χ4v) is 3.01. The van der Waals surface area contributed by atoms with E-state index in [1.165, 1.54) is 6.07 Å². The minimum absolute atomic E-state index is 0.0579. The molecule has 1 aromatic carbocycles. The zero-order chi connectivity index (χ0) is 17.8. The summed E-state index contributed by atoms with van der Waals surface area (Å²) in [6.07, 6.45) is 1.77. The Morgan fingerprint density at radius 3 is 2.64 bits per heavy atom. The third-order valence-corrected chi connectivity index (χ3v) is 4.61. The molecular weight excluding hydrogens is 343 g/mol. The Morgan fingerprint density at radius 2 is 2.00 bits per heavy atom. The van der Waals surface area contributed by atoms with Crippen LogP contribution in [0, 0.1) is 5.82 Å². The number of urea groups is 1. The van der Waals surface area contributed by atoms with Crippen molar-refractivity contribution in [1.29, 1.82) is 0 Å². The monoisotopic (exact) mass is 362 g/mol.